The lowest BCUT2D eigenvalue weighted by Crippen LogP contribution is -2.52. The van der Waals surface area contributed by atoms with Crippen molar-refractivity contribution in [1.29, 1.82) is 0 Å². The zero-order valence-electron chi connectivity index (χ0n) is 13.1. The SMILES string of the molecule is CC12CCC(=O)CC1CCC13CC(CCC12)C(O)(CO)C3. The Morgan fingerprint density at radius 3 is 2.76 bits per heavy atom. The smallest absolute Gasteiger partial charge is 0.133 e. The van der Waals surface area contributed by atoms with Crippen LogP contribution in [-0.4, -0.2) is 28.2 Å². The summed E-state index contributed by atoms with van der Waals surface area (Å²) >= 11 is 0. The molecule has 0 heterocycles. The van der Waals surface area contributed by atoms with E-state index in [2.05, 4.69) is 6.92 Å². The first-order valence-corrected chi connectivity index (χ1v) is 8.77. The summed E-state index contributed by atoms with van der Waals surface area (Å²) in [6, 6.07) is 0. The fraction of sp³-hybridized carbons (Fsp3) is 0.944. The molecule has 6 atom stereocenters. The van der Waals surface area contributed by atoms with Crippen LogP contribution in [0.3, 0.4) is 0 Å². The average Bonchev–Trinajstić information content (AvgIpc) is 2.68. The van der Waals surface area contributed by atoms with Crippen LogP contribution < -0.4 is 0 Å². The Labute approximate surface area is 127 Å². The molecule has 0 radical (unpaired) electrons. The lowest BCUT2D eigenvalue weighted by Gasteiger charge is -2.59. The van der Waals surface area contributed by atoms with Gasteiger partial charge >= 0.3 is 0 Å². The van der Waals surface area contributed by atoms with Crippen molar-refractivity contribution in [3.8, 4) is 0 Å². The molecule has 3 heteroatoms. The largest absolute Gasteiger partial charge is 0.393 e. The van der Waals surface area contributed by atoms with Crippen LogP contribution in [0.2, 0.25) is 0 Å². The Hall–Kier alpha value is -0.410. The highest BCUT2D eigenvalue weighted by Gasteiger charge is 2.65. The van der Waals surface area contributed by atoms with Crippen molar-refractivity contribution < 1.29 is 15.0 Å². The molecule has 0 aromatic carbocycles. The van der Waals surface area contributed by atoms with Gasteiger partial charge in [0.15, 0.2) is 0 Å². The maximum Gasteiger partial charge on any atom is 0.133 e. The number of hydrogen-bond acceptors (Lipinski definition) is 3. The first kappa shape index (κ1) is 14.2. The first-order chi connectivity index (χ1) is 9.92. The minimum atomic E-state index is -0.831. The van der Waals surface area contributed by atoms with Crippen molar-refractivity contribution in [3.05, 3.63) is 0 Å². The summed E-state index contributed by atoms with van der Waals surface area (Å²) in [7, 11) is 0. The third-order valence-electron chi connectivity index (χ3n) is 8.02. The van der Waals surface area contributed by atoms with Crippen LogP contribution in [0.1, 0.15) is 64.7 Å². The monoisotopic (exact) mass is 292 g/mol. The molecule has 0 amide bonds. The van der Waals surface area contributed by atoms with Crippen molar-refractivity contribution in [2.45, 2.75) is 70.3 Å². The zero-order valence-corrected chi connectivity index (χ0v) is 13.1. The van der Waals surface area contributed by atoms with E-state index in [4.69, 9.17) is 0 Å². The molecule has 118 valence electrons. The van der Waals surface area contributed by atoms with Crippen molar-refractivity contribution in [1.82, 2.24) is 0 Å². The zero-order chi connectivity index (χ0) is 14.9. The predicted molar refractivity (Wildman–Crippen MR) is 79.6 cm³/mol. The van der Waals surface area contributed by atoms with Crippen LogP contribution in [0.5, 0.6) is 0 Å². The summed E-state index contributed by atoms with van der Waals surface area (Å²) in [5, 5.41) is 20.5. The molecule has 4 fully saturated rings. The van der Waals surface area contributed by atoms with Crippen molar-refractivity contribution in [2.24, 2.45) is 28.6 Å². The van der Waals surface area contributed by atoms with Crippen LogP contribution in [0, 0.1) is 28.6 Å². The fourth-order valence-corrected chi connectivity index (χ4v) is 6.97. The number of carbonyl (C=O) groups excluding carboxylic acids is 1. The maximum absolute atomic E-state index is 11.9. The summed E-state index contributed by atoms with van der Waals surface area (Å²) in [5.74, 6) is 1.96. The highest BCUT2D eigenvalue weighted by molar-refractivity contribution is 5.79. The maximum atomic E-state index is 11.9. The Balaban J connectivity index is 1.69. The molecule has 0 aliphatic heterocycles. The Morgan fingerprint density at radius 2 is 2.00 bits per heavy atom. The molecular formula is C18H28O3. The molecule has 2 bridgehead atoms. The number of aliphatic hydroxyl groups excluding tert-OH is 1. The van der Waals surface area contributed by atoms with E-state index in [1.807, 2.05) is 0 Å². The number of Topliss-reactive ketones (excluding diaryl/α,β-unsaturated/α-hetero) is 1. The van der Waals surface area contributed by atoms with Crippen LogP contribution in [0.15, 0.2) is 0 Å². The molecule has 3 nitrogen and oxygen atoms in total. The summed E-state index contributed by atoms with van der Waals surface area (Å²) < 4.78 is 0. The van der Waals surface area contributed by atoms with Gasteiger partial charge in [0.05, 0.1) is 12.2 Å². The summed E-state index contributed by atoms with van der Waals surface area (Å²) in [6.45, 7) is 2.34. The topological polar surface area (TPSA) is 57.5 Å². The van der Waals surface area contributed by atoms with Gasteiger partial charge in [0.25, 0.3) is 0 Å². The second-order valence-electron chi connectivity index (χ2n) is 8.82. The van der Waals surface area contributed by atoms with Gasteiger partial charge in [-0.1, -0.05) is 6.92 Å². The lowest BCUT2D eigenvalue weighted by atomic mass is 9.45. The van der Waals surface area contributed by atoms with Gasteiger partial charge in [0, 0.05) is 12.8 Å². The van der Waals surface area contributed by atoms with E-state index in [1.165, 1.54) is 6.42 Å². The predicted octanol–water partition coefficient (Wildman–Crippen LogP) is 2.69. The van der Waals surface area contributed by atoms with Crippen molar-refractivity contribution in [3.63, 3.8) is 0 Å². The highest BCUT2D eigenvalue weighted by Crippen LogP contribution is 2.70. The van der Waals surface area contributed by atoms with Gasteiger partial charge in [0.1, 0.15) is 5.78 Å². The quantitative estimate of drug-likeness (QED) is 0.781. The van der Waals surface area contributed by atoms with Gasteiger partial charge in [-0.15, -0.1) is 0 Å². The molecule has 4 rings (SSSR count). The van der Waals surface area contributed by atoms with Crippen molar-refractivity contribution >= 4 is 5.78 Å². The van der Waals surface area contributed by atoms with E-state index in [-0.39, 0.29) is 17.4 Å². The minimum Gasteiger partial charge on any atom is -0.393 e. The van der Waals surface area contributed by atoms with Crippen LogP contribution >= 0.6 is 0 Å². The fourth-order valence-electron chi connectivity index (χ4n) is 6.97. The first-order valence-electron chi connectivity index (χ1n) is 8.77. The second-order valence-corrected chi connectivity index (χ2v) is 8.82. The highest BCUT2D eigenvalue weighted by atomic mass is 16.3. The minimum absolute atomic E-state index is 0.0786. The van der Waals surface area contributed by atoms with Gasteiger partial charge < -0.3 is 10.2 Å². The molecule has 4 saturated carbocycles. The van der Waals surface area contributed by atoms with Gasteiger partial charge in [-0.2, -0.15) is 0 Å². The number of rotatable bonds is 1. The Kier molecular flexibility index (Phi) is 2.92. The van der Waals surface area contributed by atoms with Gasteiger partial charge in [-0.05, 0) is 73.5 Å². The molecule has 0 aromatic heterocycles. The number of aliphatic hydroxyl groups is 2. The van der Waals surface area contributed by atoms with Crippen LogP contribution in [0.25, 0.3) is 0 Å². The van der Waals surface area contributed by atoms with Crippen LogP contribution in [-0.2, 0) is 4.79 Å². The van der Waals surface area contributed by atoms with E-state index in [0.717, 1.165) is 51.4 Å². The van der Waals surface area contributed by atoms with Gasteiger partial charge in [-0.3, -0.25) is 4.79 Å². The summed E-state index contributed by atoms with van der Waals surface area (Å²) in [4.78, 5) is 11.9. The van der Waals surface area contributed by atoms with Gasteiger partial charge in [0.2, 0.25) is 0 Å². The number of ketones is 1. The molecule has 4 aliphatic rings. The van der Waals surface area contributed by atoms with E-state index >= 15 is 0 Å². The number of fused-ring (bicyclic) bond motifs is 3. The number of hydrogen-bond donors (Lipinski definition) is 2. The molecule has 0 saturated heterocycles. The molecule has 1 spiro atoms. The molecule has 6 unspecified atom stereocenters. The standard InChI is InChI=1S/C18H28O3/c1-16-6-5-14(20)8-12(16)4-7-17-9-13(2-3-15(16)17)18(21,10-17)11-19/h12-13,15,19,21H,2-11H2,1H3. The lowest BCUT2D eigenvalue weighted by molar-refractivity contribution is -0.139. The Morgan fingerprint density at radius 1 is 1.19 bits per heavy atom. The second kappa shape index (κ2) is 4.32. The van der Waals surface area contributed by atoms with E-state index in [9.17, 15) is 15.0 Å². The Bertz CT molecular complexity index is 475. The molecule has 4 aliphatic carbocycles. The van der Waals surface area contributed by atoms with Crippen molar-refractivity contribution in [2.75, 3.05) is 6.61 Å². The van der Waals surface area contributed by atoms with Crippen LogP contribution in [0.4, 0.5) is 0 Å². The van der Waals surface area contributed by atoms with Gasteiger partial charge in [-0.25, -0.2) is 0 Å². The third kappa shape index (κ3) is 1.77. The molecular weight excluding hydrogens is 264 g/mol. The van der Waals surface area contributed by atoms with E-state index in [1.54, 1.807) is 0 Å². The summed E-state index contributed by atoms with van der Waals surface area (Å²) in [6.07, 6.45) is 9.03. The molecule has 21 heavy (non-hydrogen) atoms. The number of carbonyl (C=O) groups is 1. The normalized spacial score (nSPS) is 56.0. The van der Waals surface area contributed by atoms with E-state index < -0.39 is 5.60 Å². The molecule has 0 aromatic rings. The third-order valence-corrected chi connectivity index (χ3v) is 8.02. The summed E-state index contributed by atoms with van der Waals surface area (Å²) in [5.41, 5.74) is -0.299. The average molecular weight is 292 g/mol. The van der Waals surface area contributed by atoms with E-state index in [0.29, 0.717) is 23.5 Å². The molecule has 2 N–H and O–H groups in total.